The average Bonchev–Trinajstić information content (AvgIpc) is 3.69. The van der Waals surface area contributed by atoms with E-state index < -0.39 is 0 Å². The van der Waals surface area contributed by atoms with Gasteiger partial charge in [0.05, 0.1) is 5.69 Å². The Morgan fingerprint density at radius 2 is 0.738 bits per heavy atom. The fourth-order valence-electron chi connectivity index (χ4n) is 10.3. The molecule has 0 heterocycles. The van der Waals surface area contributed by atoms with Gasteiger partial charge in [-0.05, 0) is 120 Å². The molecule has 2 aliphatic carbocycles. The lowest BCUT2D eigenvalue weighted by Crippen LogP contribution is -2.15. The first-order valence-electron chi connectivity index (χ1n) is 21.5. The maximum atomic E-state index is 2.46. The van der Waals surface area contributed by atoms with Gasteiger partial charge in [-0.25, -0.2) is 0 Å². The monoisotopic (exact) mass is 781 g/mol. The van der Waals surface area contributed by atoms with Gasteiger partial charge in [-0.1, -0.05) is 204 Å². The molecule has 1 nitrogen and oxygen atoms in total. The number of anilines is 3. The third-order valence-electron chi connectivity index (χ3n) is 13.5. The Morgan fingerprint density at radius 1 is 0.279 bits per heavy atom. The zero-order chi connectivity index (χ0) is 41.3. The molecule has 292 valence electrons. The molecule has 0 bridgehead atoms. The summed E-state index contributed by atoms with van der Waals surface area (Å²) >= 11 is 0. The molecule has 0 N–H and O–H groups in total. The topological polar surface area (TPSA) is 3.24 Å². The second kappa shape index (κ2) is 14.2. The third-order valence-corrected chi connectivity index (χ3v) is 13.5. The summed E-state index contributed by atoms with van der Waals surface area (Å²) in [4.78, 5) is 2.46. The number of hydrogen-bond acceptors (Lipinski definition) is 1. The Hall–Kier alpha value is -7.22. The molecular weight excluding hydrogens is 735 g/mol. The van der Waals surface area contributed by atoms with Crippen molar-refractivity contribution in [3.8, 4) is 66.8 Å². The minimum atomic E-state index is -0.0914. The van der Waals surface area contributed by atoms with Crippen molar-refractivity contribution in [2.45, 2.75) is 38.5 Å². The van der Waals surface area contributed by atoms with Crippen LogP contribution < -0.4 is 4.90 Å². The van der Waals surface area contributed by atoms with Crippen LogP contribution in [0.2, 0.25) is 0 Å². The van der Waals surface area contributed by atoms with E-state index in [0.29, 0.717) is 0 Å². The number of rotatable bonds is 7. The quantitative estimate of drug-likeness (QED) is 0.156. The van der Waals surface area contributed by atoms with Gasteiger partial charge in [0, 0.05) is 27.8 Å². The predicted molar refractivity (Wildman–Crippen MR) is 258 cm³/mol. The summed E-state index contributed by atoms with van der Waals surface area (Å²) in [5, 5.41) is 0. The van der Waals surface area contributed by atoms with Crippen molar-refractivity contribution in [2.24, 2.45) is 0 Å². The summed E-state index contributed by atoms with van der Waals surface area (Å²) in [7, 11) is 0. The van der Waals surface area contributed by atoms with E-state index in [9.17, 15) is 0 Å². The highest BCUT2D eigenvalue weighted by molar-refractivity contribution is 5.98. The van der Waals surface area contributed by atoms with Crippen molar-refractivity contribution in [2.75, 3.05) is 4.90 Å². The lowest BCUT2D eigenvalue weighted by molar-refractivity contribution is 0.660. The third kappa shape index (κ3) is 5.99. The Bertz CT molecular complexity index is 3110. The van der Waals surface area contributed by atoms with E-state index in [4.69, 9.17) is 0 Å². The summed E-state index contributed by atoms with van der Waals surface area (Å²) in [5.41, 5.74) is 23.8. The maximum absolute atomic E-state index is 2.46. The Morgan fingerprint density at radius 3 is 1.46 bits per heavy atom. The predicted octanol–water partition coefficient (Wildman–Crippen LogP) is 16.4. The van der Waals surface area contributed by atoms with Crippen LogP contribution in [-0.4, -0.2) is 0 Å². The fraction of sp³-hybridized carbons (Fsp3) is 0.100. The van der Waals surface area contributed by atoms with Crippen molar-refractivity contribution in [1.29, 1.82) is 0 Å². The molecule has 0 saturated carbocycles. The van der Waals surface area contributed by atoms with Crippen molar-refractivity contribution < 1.29 is 0 Å². The molecule has 0 spiro atoms. The van der Waals surface area contributed by atoms with E-state index >= 15 is 0 Å². The molecule has 0 atom stereocenters. The molecule has 0 saturated heterocycles. The standard InChI is InChI=1S/C60H47N/c1-59(2)54-25-12-9-22-52(54)58-51(23-15-26-55(58)59)50-21-10-13-27-57(50)61(46-35-32-43(33-36-46)42-30-28-41(29-31-42)40-16-6-5-7-17-40)47-19-14-18-44(38-47)45-34-37-49-48-20-8-11-24-53(48)60(3,4)56(49)39-45/h5-39H,1-4H3. The second-order valence-electron chi connectivity index (χ2n) is 17.7. The van der Waals surface area contributed by atoms with Crippen LogP contribution in [-0.2, 0) is 10.8 Å². The van der Waals surface area contributed by atoms with Gasteiger partial charge in [-0.15, -0.1) is 0 Å². The van der Waals surface area contributed by atoms with Crippen molar-refractivity contribution in [3.63, 3.8) is 0 Å². The molecule has 1 heteroatoms. The fourth-order valence-corrected chi connectivity index (χ4v) is 10.3. The van der Waals surface area contributed by atoms with E-state index in [1.165, 1.54) is 89.0 Å². The first kappa shape index (κ1) is 36.8. The van der Waals surface area contributed by atoms with Gasteiger partial charge in [0.2, 0.25) is 0 Å². The van der Waals surface area contributed by atoms with E-state index in [-0.39, 0.29) is 10.8 Å². The molecule has 11 rings (SSSR count). The minimum Gasteiger partial charge on any atom is -0.310 e. The lowest BCUT2D eigenvalue weighted by Gasteiger charge is -2.29. The van der Waals surface area contributed by atoms with Gasteiger partial charge >= 0.3 is 0 Å². The van der Waals surface area contributed by atoms with Crippen LogP contribution in [0.25, 0.3) is 66.8 Å². The van der Waals surface area contributed by atoms with Crippen LogP contribution in [0.4, 0.5) is 17.1 Å². The molecular formula is C60H47N. The van der Waals surface area contributed by atoms with Crippen molar-refractivity contribution >= 4 is 17.1 Å². The number of nitrogens with zero attached hydrogens (tertiary/aromatic N) is 1. The molecule has 0 aromatic heterocycles. The van der Waals surface area contributed by atoms with Gasteiger partial charge in [0.15, 0.2) is 0 Å². The summed E-state index contributed by atoms with van der Waals surface area (Å²) < 4.78 is 0. The van der Waals surface area contributed by atoms with Crippen LogP contribution in [0.3, 0.4) is 0 Å². The average molecular weight is 782 g/mol. The number of fused-ring (bicyclic) bond motifs is 6. The summed E-state index contributed by atoms with van der Waals surface area (Å²) in [5.74, 6) is 0. The van der Waals surface area contributed by atoms with Crippen molar-refractivity contribution in [1.82, 2.24) is 0 Å². The van der Waals surface area contributed by atoms with E-state index in [2.05, 4.69) is 245 Å². The Kier molecular flexibility index (Phi) is 8.58. The molecule has 0 unspecified atom stereocenters. The van der Waals surface area contributed by atoms with Gasteiger partial charge in [-0.2, -0.15) is 0 Å². The van der Waals surface area contributed by atoms with Crippen LogP contribution >= 0.6 is 0 Å². The molecule has 9 aromatic rings. The van der Waals surface area contributed by atoms with Gasteiger partial charge < -0.3 is 4.90 Å². The maximum Gasteiger partial charge on any atom is 0.0540 e. The van der Waals surface area contributed by atoms with Crippen LogP contribution in [0, 0.1) is 0 Å². The normalized spacial score (nSPS) is 13.8. The summed E-state index contributed by atoms with van der Waals surface area (Å²) in [6.07, 6.45) is 0. The second-order valence-corrected chi connectivity index (χ2v) is 17.7. The molecule has 9 aromatic carbocycles. The summed E-state index contributed by atoms with van der Waals surface area (Å²) in [6.45, 7) is 9.44. The van der Waals surface area contributed by atoms with E-state index in [0.717, 1.165) is 17.1 Å². The van der Waals surface area contributed by atoms with Crippen molar-refractivity contribution in [3.05, 3.63) is 235 Å². The molecule has 0 amide bonds. The van der Waals surface area contributed by atoms with Crippen LogP contribution in [0.5, 0.6) is 0 Å². The first-order chi connectivity index (χ1) is 29.8. The number of benzene rings is 9. The minimum absolute atomic E-state index is 0.0722. The highest BCUT2D eigenvalue weighted by atomic mass is 15.1. The molecule has 61 heavy (non-hydrogen) atoms. The zero-order valence-corrected chi connectivity index (χ0v) is 35.2. The van der Waals surface area contributed by atoms with Crippen LogP contribution in [0.1, 0.15) is 49.9 Å². The van der Waals surface area contributed by atoms with Gasteiger partial charge in [-0.3, -0.25) is 0 Å². The SMILES string of the molecule is CC1(C)c2ccccc2-c2ccc(-c3cccc(N(c4ccc(-c5ccc(-c6ccccc6)cc5)cc4)c4ccccc4-c4cccc5c4-c4ccccc4C5(C)C)c3)cc21. The van der Waals surface area contributed by atoms with Gasteiger partial charge in [0.25, 0.3) is 0 Å². The van der Waals surface area contributed by atoms with E-state index in [1.54, 1.807) is 0 Å². The number of hydrogen-bond donors (Lipinski definition) is 0. The van der Waals surface area contributed by atoms with Gasteiger partial charge in [0.1, 0.15) is 0 Å². The molecule has 0 radical (unpaired) electrons. The Balaban J connectivity index is 1.05. The number of para-hydroxylation sites is 1. The molecule has 2 aliphatic rings. The smallest absolute Gasteiger partial charge is 0.0540 e. The Labute approximate surface area is 360 Å². The largest absolute Gasteiger partial charge is 0.310 e. The highest BCUT2D eigenvalue weighted by Gasteiger charge is 2.37. The lowest BCUT2D eigenvalue weighted by atomic mass is 9.81. The highest BCUT2D eigenvalue weighted by Crippen LogP contribution is 2.54. The first-order valence-corrected chi connectivity index (χ1v) is 21.5. The molecule has 0 aliphatic heterocycles. The zero-order valence-electron chi connectivity index (χ0n) is 35.2. The molecule has 0 fully saturated rings. The van der Waals surface area contributed by atoms with Crippen LogP contribution in [0.15, 0.2) is 212 Å². The van der Waals surface area contributed by atoms with E-state index in [1.807, 2.05) is 0 Å². The summed E-state index contributed by atoms with van der Waals surface area (Å²) in [6, 6.07) is 78.5.